The molecule has 1 N–H and O–H groups in total. The molecule has 4 heteroatoms. The minimum absolute atomic E-state index is 0.174. The van der Waals surface area contributed by atoms with E-state index in [1.165, 1.54) is 6.08 Å². The van der Waals surface area contributed by atoms with E-state index < -0.39 is 0 Å². The van der Waals surface area contributed by atoms with Gasteiger partial charge in [0.25, 0.3) is 5.91 Å². The lowest BCUT2D eigenvalue weighted by Gasteiger charge is -2.04. The fourth-order valence-corrected chi connectivity index (χ4v) is 1.30. The Labute approximate surface area is 87.0 Å². The van der Waals surface area contributed by atoms with Gasteiger partial charge < -0.3 is 5.32 Å². The van der Waals surface area contributed by atoms with Gasteiger partial charge in [-0.3, -0.25) is 4.79 Å². The summed E-state index contributed by atoms with van der Waals surface area (Å²) in [4.78, 5) is 25.3. The maximum Gasteiger partial charge on any atom is 0.253 e. The zero-order chi connectivity index (χ0) is 10.7. The Morgan fingerprint density at radius 1 is 1.40 bits per heavy atom. The highest BCUT2D eigenvalue weighted by Crippen LogP contribution is 2.22. The lowest BCUT2D eigenvalue weighted by atomic mass is 10.1. The van der Waals surface area contributed by atoms with E-state index in [2.05, 4.69) is 10.3 Å². The van der Waals surface area contributed by atoms with Crippen molar-refractivity contribution in [3.05, 3.63) is 29.8 Å². The van der Waals surface area contributed by atoms with Crippen molar-refractivity contribution in [3.8, 4) is 0 Å². The van der Waals surface area contributed by atoms with E-state index >= 15 is 0 Å². The number of para-hydroxylation sites is 1. The van der Waals surface area contributed by atoms with Crippen molar-refractivity contribution in [2.45, 2.75) is 18.9 Å². The van der Waals surface area contributed by atoms with Crippen molar-refractivity contribution in [1.29, 1.82) is 0 Å². The highest BCUT2D eigenvalue weighted by molar-refractivity contribution is 5.99. The molecule has 1 fully saturated rings. The third-order valence-corrected chi connectivity index (χ3v) is 2.23. The summed E-state index contributed by atoms with van der Waals surface area (Å²) in [7, 11) is 0. The normalized spacial score (nSPS) is 14.1. The van der Waals surface area contributed by atoms with Crippen LogP contribution in [0, 0.1) is 0 Å². The number of rotatable bonds is 3. The van der Waals surface area contributed by atoms with Crippen LogP contribution in [-0.2, 0) is 4.79 Å². The molecule has 0 aliphatic heterocycles. The van der Waals surface area contributed by atoms with Gasteiger partial charge in [0.1, 0.15) is 0 Å². The van der Waals surface area contributed by atoms with Crippen LogP contribution >= 0.6 is 0 Å². The molecular weight excluding hydrogens is 192 g/mol. The second-order valence-electron chi connectivity index (χ2n) is 3.47. The summed E-state index contributed by atoms with van der Waals surface area (Å²) in [5.74, 6) is -0.174. The molecule has 2 rings (SSSR count). The van der Waals surface area contributed by atoms with Gasteiger partial charge in [0, 0.05) is 6.04 Å². The molecule has 0 spiro atoms. The quantitative estimate of drug-likeness (QED) is 0.597. The van der Waals surface area contributed by atoms with Gasteiger partial charge in [-0.1, -0.05) is 12.1 Å². The highest BCUT2D eigenvalue weighted by Gasteiger charge is 2.24. The molecule has 1 aliphatic carbocycles. The molecule has 1 amide bonds. The van der Waals surface area contributed by atoms with Crippen LogP contribution in [0.15, 0.2) is 29.3 Å². The number of isocyanates is 1. The largest absolute Gasteiger partial charge is 0.349 e. The summed E-state index contributed by atoms with van der Waals surface area (Å²) < 4.78 is 0. The third-order valence-electron chi connectivity index (χ3n) is 2.23. The van der Waals surface area contributed by atoms with Gasteiger partial charge >= 0.3 is 0 Å². The SMILES string of the molecule is O=C=Nc1ccccc1C(=O)NC1CC1. The summed E-state index contributed by atoms with van der Waals surface area (Å²) in [6.07, 6.45) is 3.51. The Morgan fingerprint density at radius 3 is 2.80 bits per heavy atom. The Balaban J connectivity index is 2.24. The standard InChI is InChI=1S/C11H10N2O2/c14-7-12-10-4-2-1-3-9(10)11(15)13-8-5-6-8/h1-4,8H,5-6H2,(H,13,15). The molecule has 0 aromatic heterocycles. The number of hydrogen-bond acceptors (Lipinski definition) is 3. The number of aliphatic imine (C=N–C) groups is 1. The Morgan fingerprint density at radius 2 is 2.13 bits per heavy atom. The van der Waals surface area contributed by atoms with Crippen molar-refractivity contribution in [1.82, 2.24) is 5.32 Å². The van der Waals surface area contributed by atoms with Crippen LogP contribution in [-0.4, -0.2) is 18.0 Å². The number of nitrogens with zero attached hydrogens (tertiary/aromatic N) is 1. The van der Waals surface area contributed by atoms with Crippen molar-refractivity contribution < 1.29 is 9.59 Å². The van der Waals surface area contributed by atoms with Crippen molar-refractivity contribution in [3.63, 3.8) is 0 Å². The van der Waals surface area contributed by atoms with Crippen molar-refractivity contribution in [2.24, 2.45) is 4.99 Å². The van der Waals surface area contributed by atoms with Crippen LogP contribution in [0.4, 0.5) is 5.69 Å². The minimum atomic E-state index is -0.174. The first-order valence-electron chi connectivity index (χ1n) is 4.79. The lowest BCUT2D eigenvalue weighted by molar-refractivity contribution is 0.0952. The molecule has 4 nitrogen and oxygen atoms in total. The smallest absolute Gasteiger partial charge is 0.253 e. The van der Waals surface area contributed by atoms with Crippen molar-refractivity contribution in [2.75, 3.05) is 0 Å². The average Bonchev–Trinajstić information content (AvgIpc) is 3.03. The molecule has 1 aliphatic rings. The second kappa shape index (κ2) is 4.07. The molecule has 1 aromatic carbocycles. The van der Waals surface area contributed by atoms with Crippen LogP contribution in [0.25, 0.3) is 0 Å². The topological polar surface area (TPSA) is 58.5 Å². The number of carbonyl (C=O) groups excluding carboxylic acids is 2. The third kappa shape index (κ3) is 2.30. The molecule has 76 valence electrons. The summed E-state index contributed by atoms with van der Waals surface area (Å²) in [6.45, 7) is 0. The summed E-state index contributed by atoms with van der Waals surface area (Å²) in [6, 6.07) is 7.03. The van der Waals surface area contributed by atoms with Crippen LogP contribution in [0.3, 0.4) is 0 Å². The van der Waals surface area contributed by atoms with Gasteiger partial charge in [0.15, 0.2) is 0 Å². The molecule has 0 saturated heterocycles. The van der Waals surface area contributed by atoms with Gasteiger partial charge in [-0.25, -0.2) is 4.79 Å². The van der Waals surface area contributed by atoms with E-state index in [4.69, 9.17) is 0 Å². The van der Waals surface area contributed by atoms with E-state index in [0.717, 1.165) is 12.8 Å². The van der Waals surface area contributed by atoms with Gasteiger partial charge in [-0.15, -0.1) is 0 Å². The average molecular weight is 202 g/mol. The monoisotopic (exact) mass is 202 g/mol. The van der Waals surface area contributed by atoms with E-state index in [-0.39, 0.29) is 5.91 Å². The first-order chi connectivity index (χ1) is 7.31. The van der Waals surface area contributed by atoms with E-state index in [0.29, 0.717) is 17.3 Å². The molecule has 1 saturated carbocycles. The zero-order valence-corrected chi connectivity index (χ0v) is 8.06. The van der Waals surface area contributed by atoms with Crippen molar-refractivity contribution >= 4 is 17.7 Å². The molecular formula is C11H10N2O2. The van der Waals surface area contributed by atoms with Gasteiger partial charge in [0.2, 0.25) is 6.08 Å². The number of nitrogens with one attached hydrogen (secondary N) is 1. The van der Waals surface area contributed by atoms with E-state index in [1.807, 2.05) is 0 Å². The van der Waals surface area contributed by atoms with Crippen LogP contribution in [0.2, 0.25) is 0 Å². The number of amides is 1. The maximum atomic E-state index is 11.7. The molecule has 0 atom stereocenters. The predicted octanol–water partition coefficient (Wildman–Crippen LogP) is 1.55. The van der Waals surface area contributed by atoms with E-state index in [1.54, 1.807) is 24.3 Å². The maximum absolute atomic E-state index is 11.7. The molecule has 0 bridgehead atoms. The zero-order valence-electron chi connectivity index (χ0n) is 8.06. The fraction of sp³-hybridized carbons (Fsp3) is 0.273. The predicted molar refractivity (Wildman–Crippen MR) is 54.7 cm³/mol. The van der Waals surface area contributed by atoms with Gasteiger partial charge in [-0.2, -0.15) is 4.99 Å². The number of benzene rings is 1. The Bertz CT molecular complexity index is 432. The first kappa shape index (κ1) is 9.62. The lowest BCUT2D eigenvalue weighted by Crippen LogP contribution is -2.25. The Kier molecular flexibility index (Phi) is 2.61. The molecule has 15 heavy (non-hydrogen) atoms. The minimum Gasteiger partial charge on any atom is -0.349 e. The molecule has 0 heterocycles. The fourth-order valence-electron chi connectivity index (χ4n) is 1.30. The summed E-state index contributed by atoms with van der Waals surface area (Å²) in [5.41, 5.74) is 0.790. The summed E-state index contributed by atoms with van der Waals surface area (Å²) in [5, 5.41) is 2.84. The Hall–Kier alpha value is -1.93. The second-order valence-corrected chi connectivity index (χ2v) is 3.47. The number of hydrogen-bond donors (Lipinski definition) is 1. The van der Waals surface area contributed by atoms with Crippen LogP contribution in [0.5, 0.6) is 0 Å². The number of carbonyl (C=O) groups is 1. The van der Waals surface area contributed by atoms with Crippen LogP contribution < -0.4 is 5.32 Å². The molecule has 1 aromatic rings. The first-order valence-corrected chi connectivity index (χ1v) is 4.79. The van der Waals surface area contributed by atoms with Gasteiger partial charge in [0.05, 0.1) is 11.3 Å². The van der Waals surface area contributed by atoms with E-state index in [9.17, 15) is 9.59 Å². The van der Waals surface area contributed by atoms with Crippen LogP contribution in [0.1, 0.15) is 23.2 Å². The highest BCUT2D eigenvalue weighted by atomic mass is 16.1. The molecule has 0 radical (unpaired) electrons. The van der Waals surface area contributed by atoms with Gasteiger partial charge in [-0.05, 0) is 25.0 Å². The summed E-state index contributed by atoms with van der Waals surface area (Å²) >= 11 is 0. The molecule has 0 unspecified atom stereocenters.